The summed E-state index contributed by atoms with van der Waals surface area (Å²) in [7, 11) is 0. The number of likely N-dealkylation sites (tertiary alicyclic amines) is 1. The number of halogens is 1. The summed E-state index contributed by atoms with van der Waals surface area (Å²) in [4.78, 5) is 36.7. The zero-order valence-corrected chi connectivity index (χ0v) is 14.2. The standard InChI is InChI=1S/C20H19FN2O3/c21-17-3-1-2-14(12-17)10-11-22-20(26)16-6-4-15(5-7-16)13-23-18(24)8-9-19(23)25/h1-7,12H,8-11,13H2,(H,22,26). The molecule has 1 heterocycles. The number of benzene rings is 2. The molecule has 26 heavy (non-hydrogen) atoms. The van der Waals surface area contributed by atoms with E-state index in [4.69, 9.17) is 0 Å². The summed E-state index contributed by atoms with van der Waals surface area (Å²) in [5.74, 6) is -0.830. The van der Waals surface area contributed by atoms with E-state index in [2.05, 4.69) is 5.32 Å². The van der Waals surface area contributed by atoms with Crippen LogP contribution in [0.4, 0.5) is 4.39 Å². The second-order valence-electron chi connectivity index (χ2n) is 6.21. The quantitative estimate of drug-likeness (QED) is 0.811. The molecule has 6 heteroatoms. The van der Waals surface area contributed by atoms with Crippen molar-refractivity contribution in [1.82, 2.24) is 10.2 Å². The second kappa shape index (κ2) is 7.91. The van der Waals surface area contributed by atoms with Crippen molar-refractivity contribution in [3.8, 4) is 0 Å². The first-order valence-corrected chi connectivity index (χ1v) is 8.48. The van der Waals surface area contributed by atoms with Gasteiger partial charge in [0.15, 0.2) is 0 Å². The van der Waals surface area contributed by atoms with Crippen LogP contribution in [0.15, 0.2) is 48.5 Å². The summed E-state index contributed by atoms with van der Waals surface area (Å²) in [6.45, 7) is 0.639. The van der Waals surface area contributed by atoms with Gasteiger partial charge in [-0.25, -0.2) is 4.39 Å². The van der Waals surface area contributed by atoms with Gasteiger partial charge in [-0.1, -0.05) is 24.3 Å². The summed E-state index contributed by atoms with van der Waals surface area (Å²) in [6, 6.07) is 13.1. The molecule has 1 N–H and O–H groups in total. The van der Waals surface area contributed by atoms with Gasteiger partial charge in [-0.15, -0.1) is 0 Å². The van der Waals surface area contributed by atoms with Crippen LogP contribution in [0.25, 0.3) is 0 Å². The molecule has 134 valence electrons. The van der Waals surface area contributed by atoms with E-state index < -0.39 is 0 Å². The average Bonchev–Trinajstić information content (AvgIpc) is 2.94. The van der Waals surface area contributed by atoms with Gasteiger partial charge in [0.25, 0.3) is 5.91 Å². The van der Waals surface area contributed by atoms with Crippen molar-refractivity contribution < 1.29 is 18.8 Å². The smallest absolute Gasteiger partial charge is 0.251 e. The third-order valence-corrected chi connectivity index (χ3v) is 4.30. The Morgan fingerprint density at radius 1 is 1.00 bits per heavy atom. The molecule has 1 aliphatic heterocycles. The van der Waals surface area contributed by atoms with Gasteiger partial charge in [0.05, 0.1) is 6.54 Å². The molecular formula is C20H19FN2O3. The molecule has 0 aliphatic carbocycles. The Balaban J connectivity index is 1.52. The van der Waals surface area contributed by atoms with Crippen LogP contribution >= 0.6 is 0 Å². The minimum atomic E-state index is -0.292. The lowest BCUT2D eigenvalue weighted by Crippen LogP contribution is -2.28. The molecule has 1 fully saturated rings. The van der Waals surface area contributed by atoms with E-state index in [0.29, 0.717) is 18.5 Å². The molecule has 0 radical (unpaired) electrons. The number of nitrogens with one attached hydrogen (secondary N) is 1. The number of rotatable bonds is 6. The van der Waals surface area contributed by atoms with Gasteiger partial charge in [-0.05, 0) is 41.8 Å². The molecule has 0 unspecified atom stereocenters. The normalized spacial score (nSPS) is 14.0. The van der Waals surface area contributed by atoms with Crippen LogP contribution in [0.2, 0.25) is 0 Å². The molecular weight excluding hydrogens is 335 g/mol. The van der Waals surface area contributed by atoms with Crippen LogP contribution < -0.4 is 5.32 Å². The Bertz CT molecular complexity index is 817. The van der Waals surface area contributed by atoms with E-state index in [0.717, 1.165) is 11.1 Å². The van der Waals surface area contributed by atoms with Gasteiger partial charge in [0, 0.05) is 24.9 Å². The van der Waals surface area contributed by atoms with Crippen molar-refractivity contribution in [2.24, 2.45) is 0 Å². The lowest BCUT2D eigenvalue weighted by atomic mass is 10.1. The van der Waals surface area contributed by atoms with Gasteiger partial charge >= 0.3 is 0 Å². The van der Waals surface area contributed by atoms with Crippen molar-refractivity contribution in [3.05, 3.63) is 71.0 Å². The Kier molecular flexibility index (Phi) is 5.41. The van der Waals surface area contributed by atoms with Crippen LogP contribution in [0.1, 0.15) is 34.3 Å². The Hall–Kier alpha value is -3.02. The van der Waals surface area contributed by atoms with Crippen molar-refractivity contribution >= 4 is 17.7 Å². The zero-order chi connectivity index (χ0) is 18.5. The van der Waals surface area contributed by atoms with E-state index in [1.807, 2.05) is 6.07 Å². The number of carbonyl (C=O) groups is 3. The summed E-state index contributed by atoms with van der Waals surface area (Å²) >= 11 is 0. The number of hydrogen-bond acceptors (Lipinski definition) is 3. The SMILES string of the molecule is O=C(NCCc1cccc(F)c1)c1ccc(CN2C(=O)CCC2=O)cc1. The zero-order valence-electron chi connectivity index (χ0n) is 14.2. The molecule has 5 nitrogen and oxygen atoms in total. The fourth-order valence-corrected chi connectivity index (χ4v) is 2.86. The predicted octanol–water partition coefficient (Wildman–Crippen LogP) is 2.45. The van der Waals surface area contributed by atoms with Crippen LogP contribution in [0.5, 0.6) is 0 Å². The third kappa shape index (κ3) is 4.33. The first kappa shape index (κ1) is 17.8. The highest BCUT2D eigenvalue weighted by molar-refractivity contribution is 6.01. The Labute approximate surface area is 150 Å². The highest BCUT2D eigenvalue weighted by Gasteiger charge is 2.28. The van der Waals surface area contributed by atoms with Crippen molar-refractivity contribution in [2.45, 2.75) is 25.8 Å². The summed E-state index contributed by atoms with van der Waals surface area (Å²) < 4.78 is 13.1. The first-order valence-electron chi connectivity index (χ1n) is 8.48. The largest absolute Gasteiger partial charge is 0.352 e. The number of carbonyl (C=O) groups excluding carboxylic acids is 3. The van der Waals surface area contributed by atoms with Crippen LogP contribution in [0.3, 0.4) is 0 Å². The maximum Gasteiger partial charge on any atom is 0.251 e. The Morgan fingerprint density at radius 2 is 1.69 bits per heavy atom. The lowest BCUT2D eigenvalue weighted by molar-refractivity contribution is -0.139. The minimum Gasteiger partial charge on any atom is -0.352 e. The molecule has 3 amide bonds. The van der Waals surface area contributed by atoms with Crippen LogP contribution in [-0.4, -0.2) is 29.2 Å². The highest BCUT2D eigenvalue weighted by Crippen LogP contribution is 2.16. The third-order valence-electron chi connectivity index (χ3n) is 4.30. The van der Waals surface area contributed by atoms with E-state index in [-0.39, 0.29) is 42.9 Å². The van der Waals surface area contributed by atoms with E-state index in [1.165, 1.54) is 17.0 Å². The van der Waals surface area contributed by atoms with Crippen LogP contribution in [-0.2, 0) is 22.6 Å². The maximum absolute atomic E-state index is 13.1. The fraction of sp³-hybridized carbons (Fsp3) is 0.250. The van der Waals surface area contributed by atoms with Gasteiger partial charge in [0.1, 0.15) is 5.82 Å². The molecule has 0 bridgehead atoms. The summed E-state index contributed by atoms with van der Waals surface area (Å²) in [5, 5.41) is 2.79. The molecule has 2 aromatic carbocycles. The van der Waals surface area contributed by atoms with Crippen molar-refractivity contribution in [1.29, 1.82) is 0 Å². The van der Waals surface area contributed by atoms with Crippen LogP contribution in [0, 0.1) is 5.82 Å². The first-order chi connectivity index (χ1) is 12.5. The number of nitrogens with zero attached hydrogens (tertiary/aromatic N) is 1. The Morgan fingerprint density at radius 3 is 2.35 bits per heavy atom. The molecule has 3 rings (SSSR count). The fourth-order valence-electron chi connectivity index (χ4n) is 2.86. The van der Waals surface area contributed by atoms with Gasteiger partial charge in [-0.2, -0.15) is 0 Å². The second-order valence-corrected chi connectivity index (χ2v) is 6.21. The molecule has 1 aliphatic rings. The number of amides is 3. The van der Waals surface area contributed by atoms with Gasteiger partial charge in [-0.3, -0.25) is 19.3 Å². The van der Waals surface area contributed by atoms with Crippen molar-refractivity contribution in [3.63, 3.8) is 0 Å². The molecule has 0 spiro atoms. The molecule has 1 saturated heterocycles. The van der Waals surface area contributed by atoms with Crippen molar-refractivity contribution in [2.75, 3.05) is 6.54 Å². The number of hydrogen-bond donors (Lipinski definition) is 1. The van der Waals surface area contributed by atoms with E-state index in [1.54, 1.807) is 30.3 Å². The topological polar surface area (TPSA) is 66.5 Å². The van der Waals surface area contributed by atoms with Gasteiger partial charge in [0.2, 0.25) is 11.8 Å². The maximum atomic E-state index is 13.1. The van der Waals surface area contributed by atoms with E-state index in [9.17, 15) is 18.8 Å². The lowest BCUT2D eigenvalue weighted by Gasteiger charge is -2.14. The molecule has 2 aromatic rings. The molecule has 0 aromatic heterocycles. The summed E-state index contributed by atoms with van der Waals surface area (Å²) in [5.41, 5.74) is 2.11. The van der Waals surface area contributed by atoms with Gasteiger partial charge < -0.3 is 5.32 Å². The molecule has 0 atom stereocenters. The highest BCUT2D eigenvalue weighted by atomic mass is 19.1. The summed E-state index contributed by atoms with van der Waals surface area (Å²) in [6.07, 6.45) is 1.08. The number of imide groups is 1. The molecule has 0 saturated carbocycles. The monoisotopic (exact) mass is 354 g/mol. The van der Waals surface area contributed by atoms with E-state index >= 15 is 0 Å². The minimum absolute atomic E-state index is 0.158. The predicted molar refractivity (Wildman–Crippen MR) is 93.7 cm³/mol. The average molecular weight is 354 g/mol.